The highest BCUT2D eigenvalue weighted by atomic mass is 32.2. The van der Waals surface area contributed by atoms with E-state index in [1.807, 2.05) is 81.8 Å². The average molecular weight is 1860 g/mol. The molecule has 3 amide bonds. The number of Topliss-reactive ketones (excluding diaryl/α,β-unsaturated/α-hetero) is 2. The number of primary sulfonamides is 1. The minimum Gasteiger partial charge on any atom is -0.379 e. The summed E-state index contributed by atoms with van der Waals surface area (Å²) < 4.78 is 28.8. The van der Waals surface area contributed by atoms with E-state index in [0.717, 1.165) is 298 Å². The van der Waals surface area contributed by atoms with Crippen molar-refractivity contribution >= 4 is 131 Å². The standard InChI is InChI=1S/C25H28N6O2S.C24H28N6OS.C23H25N5O2S.C22H25N7O3S2/c1-16(32)12-18-4-3-5-20(13-18)27-25-26-14-19-6-7-21-24(23(19)29-25)28-22(34-21)15-30-8-10-31(11-9-30)17(2)33;1-15-10-16(2)12-19(11-15)26-24-25-13-18-4-5-20-23(22(18)28-24)27-21(32-20)14-29-6-8-30(9-7-29)17(3)31;1-15(29)11-16-3-2-4-18(12-16)25-23-24-13-17-5-6-19-22(21(17)27-23)26-20(31-19)14-28-7-9-30-10-8-28;1-14(30)29-9-7-28(8-10-29)13-19-26-21-18(33-19)6-5-15-12-24-22(27-20(15)21)25-16-3-2-4-17(11-16)34(23,31)32/h3-5,13-14H,6-12,15H2,1-2H3,(H,26,27,29);10-13H,4-9,14H2,1-3H3,(H,25,26,28);2-4,12-13H,5-11,14H2,1H3,(H,24,25,27);2-4,11-12H,5-10,13H2,1H3,(H2,23,31,32)(H,24,25,27). The molecular weight excluding hydrogens is 1750 g/mol. The van der Waals surface area contributed by atoms with Crippen LogP contribution in [0.25, 0.3) is 45.6 Å². The number of morpholine rings is 1. The number of rotatable bonds is 21. The Morgan fingerprint density at radius 3 is 0.962 bits per heavy atom. The number of piperazine rings is 3. The number of amides is 3. The zero-order valence-corrected chi connectivity index (χ0v) is 78.6. The Hall–Kier alpha value is -11.6. The molecule has 0 bridgehead atoms. The third-order valence-corrected chi connectivity index (χ3v) is 29.3. The number of carbonyl (C=O) groups excluding carboxylic acids is 5. The first-order valence-corrected chi connectivity index (χ1v) is 49.2. The van der Waals surface area contributed by atoms with Crippen LogP contribution in [0.1, 0.15) is 119 Å². The molecule has 4 aliphatic carbocycles. The van der Waals surface area contributed by atoms with Gasteiger partial charge in [-0.2, -0.15) is 0 Å². The lowest BCUT2D eigenvalue weighted by atomic mass is 10.00. The number of benzene rings is 4. The zero-order chi connectivity index (χ0) is 91.0. The SMILES string of the molecule is CC(=O)Cc1cccc(Nc2ncc3c(n2)-c2nc(CN4CCN(C(C)=O)CC4)sc2CC3)c1.CC(=O)Cc1cccc(Nc2ncc3c(n2)-c2nc(CN4CCOCC4)sc2CC3)c1.CC(=O)N1CCN(Cc2nc3c(s2)CCc2cnc(Nc4cc(C)cc(C)c4)nc2-3)CC1.CC(=O)N1CCN(Cc2nc3c(s2)CCc2cnc(Nc4cccc(S(N)(=O)=O)c4)nc2-3)CC1. The maximum absolute atomic E-state index is 11.6. The second-order valence-corrected chi connectivity index (χ2v) is 40.4. The topological polar surface area (TPSA) is 380 Å². The molecule has 20 rings (SSSR count). The summed E-state index contributed by atoms with van der Waals surface area (Å²) in [5.74, 6) is 2.77. The van der Waals surface area contributed by atoms with Crippen LogP contribution in [0.3, 0.4) is 0 Å². The van der Waals surface area contributed by atoms with E-state index >= 15 is 0 Å². The summed E-state index contributed by atoms with van der Waals surface area (Å²) in [6.07, 6.45) is 15.9. The molecule has 131 heavy (non-hydrogen) atoms. The molecule has 0 saturated carbocycles. The van der Waals surface area contributed by atoms with Gasteiger partial charge in [-0.1, -0.05) is 36.4 Å². The van der Waals surface area contributed by atoms with Gasteiger partial charge in [0.2, 0.25) is 51.5 Å². The number of hydrogen-bond donors (Lipinski definition) is 5. The van der Waals surface area contributed by atoms with Crippen LogP contribution in [0.5, 0.6) is 0 Å². The van der Waals surface area contributed by atoms with Crippen LogP contribution in [-0.4, -0.2) is 237 Å². The van der Waals surface area contributed by atoms with E-state index in [9.17, 15) is 32.4 Å². The van der Waals surface area contributed by atoms with Crippen molar-refractivity contribution in [3.63, 3.8) is 0 Å². The molecule has 8 aromatic heterocycles. The maximum atomic E-state index is 11.6. The number of ketones is 2. The van der Waals surface area contributed by atoms with Gasteiger partial charge in [-0.05, 0) is 178 Å². The van der Waals surface area contributed by atoms with Crippen LogP contribution in [0.4, 0.5) is 46.5 Å². The Morgan fingerprint density at radius 2 is 0.656 bits per heavy atom. The summed E-state index contributed by atoms with van der Waals surface area (Å²) in [4.78, 5) is 135. The lowest BCUT2D eigenvalue weighted by molar-refractivity contribution is -0.131. The molecule has 12 heterocycles. The van der Waals surface area contributed by atoms with E-state index in [1.54, 1.807) is 98.3 Å². The predicted molar refractivity (Wildman–Crippen MR) is 509 cm³/mol. The molecular formula is C94H106N24O8S5. The van der Waals surface area contributed by atoms with Gasteiger partial charge in [0.15, 0.2) is 0 Å². The fraction of sp³-hybridized carbons (Fsp3) is 0.394. The van der Waals surface area contributed by atoms with Crippen molar-refractivity contribution in [3.8, 4) is 45.6 Å². The van der Waals surface area contributed by atoms with E-state index in [1.165, 1.54) is 42.8 Å². The Morgan fingerprint density at radius 1 is 0.359 bits per heavy atom. The summed E-state index contributed by atoms with van der Waals surface area (Å²) in [7, 11) is -3.80. The van der Waals surface area contributed by atoms with E-state index < -0.39 is 10.0 Å². The van der Waals surface area contributed by atoms with Gasteiger partial charge in [-0.15, -0.1) is 45.3 Å². The van der Waals surface area contributed by atoms with Gasteiger partial charge in [-0.3, -0.25) is 43.6 Å². The predicted octanol–water partition coefficient (Wildman–Crippen LogP) is 12.1. The maximum Gasteiger partial charge on any atom is 0.238 e. The van der Waals surface area contributed by atoms with Gasteiger partial charge < -0.3 is 40.7 Å². The minimum atomic E-state index is -3.80. The van der Waals surface area contributed by atoms with Crippen molar-refractivity contribution in [1.29, 1.82) is 0 Å². The lowest BCUT2D eigenvalue weighted by Crippen LogP contribution is -2.47. The van der Waals surface area contributed by atoms with Crippen molar-refractivity contribution < 1.29 is 37.1 Å². The first-order valence-electron chi connectivity index (χ1n) is 44.4. The van der Waals surface area contributed by atoms with Crippen LogP contribution < -0.4 is 26.4 Å². The van der Waals surface area contributed by atoms with E-state index in [4.69, 9.17) is 49.7 Å². The summed E-state index contributed by atoms with van der Waals surface area (Å²) in [5.41, 5.74) is 19.6. The monoisotopic (exact) mass is 1860 g/mol. The molecule has 4 saturated heterocycles. The van der Waals surface area contributed by atoms with Crippen molar-refractivity contribution in [2.75, 3.05) is 126 Å². The van der Waals surface area contributed by atoms with Crippen LogP contribution in [-0.2, 0) is 129 Å². The summed E-state index contributed by atoms with van der Waals surface area (Å²) in [6, 6.07) is 28.2. The molecule has 37 heteroatoms. The average Bonchev–Trinajstić information content (AvgIpc) is 1.68. The minimum absolute atomic E-state index is 0.0195. The smallest absolute Gasteiger partial charge is 0.238 e. The number of anilines is 8. The molecule has 8 aliphatic rings. The van der Waals surface area contributed by atoms with Gasteiger partial charge in [0, 0.05) is 192 Å². The molecule has 12 aromatic rings. The number of hydrogen-bond acceptors (Lipinski definition) is 32. The molecule has 0 unspecified atom stereocenters. The second kappa shape index (κ2) is 41.0. The number of nitrogens with two attached hydrogens (primary N) is 1. The Labute approximate surface area is 777 Å². The number of thiazole rings is 4. The highest BCUT2D eigenvalue weighted by Crippen LogP contribution is 2.42. The Bertz CT molecular complexity index is 6350. The van der Waals surface area contributed by atoms with Gasteiger partial charge in [0.25, 0.3) is 0 Å². The molecule has 4 aromatic carbocycles. The number of sulfonamides is 1. The third kappa shape index (κ3) is 23.3. The van der Waals surface area contributed by atoms with E-state index in [-0.39, 0.29) is 34.2 Å². The van der Waals surface area contributed by atoms with Crippen molar-refractivity contribution in [3.05, 3.63) is 200 Å². The fourth-order valence-electron chi connectivity index (χ4n) is 17.3. The number of ether oxygens (including phenoxy) is 1. The number of fused-ring (bicyclic) bond motifs is 12. The summed E-state index contributed by atoms with van der Waals surface area (Å²) in [5, 5.41) is 22.7. The largest absolute Gasteiger partial charge is 0.379 e. The third-order valence-electron chi connectivity index (χ3n) is 24.0. The summed E-state index contributed by atoms with van der Waals surface area (Å²) in [6.45, 7) is 28.9. The van der Waals surface area contributed by atoms with Crippen molar-refractivity contribution in [1.82, 2.24) is 94.1 Å². The fourth-order valence-corrected chi connectivity index (χ4v) is 22.3. The van der Waals surface area contributed by atoms with Gasteiger partial charge in [0.05, 0.1) is 67.1 Å². The molecule has 6 N–H and O–H groups in total. The molecule has 4 fully saturated rings. The van der Waals surface area contributed by atoms with Gasteiger partial charge >= 0.3 is 0 Å². The summed E-state index contributed by atoms with van der Waals surface area (Å²) >= 11 is 7.09. The number of nitrogens with zero attached hydrogens (tertiary/aromatic N) is 19. The Balaban J connectivity index is 0.000000122. The van der Waals surface area contributed by atoms with Crippen LogP contribution in [0, 0.1) is 13.8 Å². The van der Waals surface area contributed by atoms with Crippen LogP contribution in [0.2, 0.25) is 0 Å². The molecule has 680 valence electrons. The normalized spacial score (nSPS) is 15.9. The highest BCUT2D eigenvalue weighted by Gasteiger charge is 2.32. The number of aromatic nitrogens is 12. The number of carbonyl (C=O) groups is 5. The number of aryl methyl sites for hydroxylation is 10. The molecule has 32 nitrogen and oxygen atoms in total. The van der Waals surface area contributed by atoms with Crippen molar-refractivity contribution in [2.24, 2.45) is 5.14 Å². The first kappa shape index (κ1) is 91.3. The zero-order valence-electron chi connectivity index (χ0n) is 74.6. The van der Waals surface area contributed by atoms with Gasteiger partial charge in [0.1, 0.15) is 54.4 Å². The molecule has 0 radical (unpaired) electrons. The molecule has 4 aliphatic heterocycles. The first-order chi connectivity index (χ1) is 63.3. The lowest BCUT2D eigenvalue weighted by Gasteiger charge is -2.33. The number of nitrogens with one attached hydrogen (secondary N) is 4. The second-order valence-electron chi connectivity index (χ2n) is 34.1. The van der Waals surface area contributed by atoms with Crippen LogP contribution >= 0.6 is 45.3 Å². The molecule has 0 spiro atoms. The quantitative estimate of drug-likeness (QED) is 0.0446. The van der Waals surface area contributed by atoms with E-state index in [0.29, 0.717) is 42.3 Å². The van der Waals surface area contributed by atoms with Crippen molar-refractivity contribution in [2.45, 2.75) is 144 Å². The highest BCUT2D eigenvalue weighted by molar-refractivity contribution is 7.89. The van der Waals surface area contributed by atoms with E-state index in [2.05, 4.69) is 92.8 Å². The Kier molecular flexibility index (Phi) is 28.6. The van der Waals surface area contributed by atoms with Crippen LogP contribution in [0.15, 0.2) is 121 Å². The van der Waals surface area contributed by atoms with Gasteiger partial charge in [-0.25, -0.2) is 73.4 Å². The molecule has 0 atom stereocenters.